The molecule has 0 heterocycles. The van der Waals surface area contributed by atoms with Crippen LogP contribution in [0.3, 0.4) is 0 Å². The predicted molar refractivity (Wildman–Crippen MR) is 335 cm³/mol. The Hall–Kier alpha value is -10.0. The van der Waals surface area contributed by atoms with E-state index in [1.54, 1.807) is 0 Å². The first-order valence-corrected chi connectivity index (χ1v) is 27.9. The maximum Gasteiger partial charge on any atom is 0.0713 e. The third-order valence-corrected chi connectivity index (χ3v) is 17.4. The van der Waals surface area contributed by atoms with Crippen molar-refractivity contribution >= 4 is 55.7 Å². The Bertz CT molecular complexity index is 4110. The van der Waals surface area contributed by atoms with Gasteiger partial charge >= 0.3 is 0 Å². The molecule has 2 heteroatoms. The minimum absolute atomic E-state index is 0.675. The number of para-hydroxylation sites is 4. The molecule has 378 valence electrons. The summed E-state index contributed by atoms with van der Waals surface area (Å²) in [5.41, 5.74) is 23.0. The average Bonchev–Trinajstić information content (AvgIpc) is 4.07. The maximum absolute atomic E-state index is 2.64. The zero-order valence-electron chi connectivity index (χ0n) is 44.8. The summed E-state index contributed by atoms with van der Waals surface area (Å²) in [6.45, 7) is 4.41. The molecule has 0 amide bonds. The molecule has 0 bridgehead atoms. The van der Waals surface area contributed by atoms with Crippen molar-refractivity contribution in [3.8, 4) is 22.3 Å². The van der Waals surface area contributed by atoms with Crippen LogP contribution in [0, 0.1) is 13.8 Å². The van der Waals surface area contributed by atoms with Crippen molar-refractivity contribution in [1.82, 2.24) is 0 Å². The first kappa shape index (κ1) is 47.2. The summed E-state index contributed by atoms with van der Waals surface area (Å²) in [5.74, 6) is 0. The van der Waals surface area contributed by atoms with Gasteiger partial charge < -0.3 is 9.80 Å². The van der Waals surface area contributed by atoms with Crippen molar-refractivity contribution in [1.29, 1.82) is 0 Å². The van der Waals surface area contributed by atoms with Crippen molar-refractivity contribution < 1.29 is 0 Å². The predicted octanol–water partition coefficient (Wildman–Crippen LogP) is 20.3. The zero-order chi connectivity index (χ0) is 53.4. The van der Waals surface area contributed by atoms with Gasteiger partial charge in [0.15, 0.2) is 0 Å². The normalized spacial score (nSPS) is 13.3. The van der Waals surface area contributed by atoms with E-state index in [9.17, 15) is 0 Å². The Morgan fingerprint density at radius 2 is 0.525 bits per heavy atom. The van der Waals surface area contributed by atoms with Crippen LogP contribution in [0.25, 0.3) is 43.8 Å². The summed E-state index contributed by atoms with van der Waals surface area (Å²) >= 11 is 0. The zero-order valence-corrected chi connectivity index (χ0v) is 44.8. The molecule has 2 nitrogen and oxygen atoms in total. The topological polar surface area (TPSA) is 6.48 Å². The molecule has 0 fully saturated rings. The summed E-state index contributed by atoms with van der Waals surface area (Å²) in [4.78, 5) is 4.81. The van der Waals surface area contributed by atoms with Crippen molar-refractivity contribution in [2.24, 2.45) is 0 Å². The van der Waals surface area contributed by atoms with Crippen LogP contribution < -0.4 is 9.80 Å². The van der Waals surface area contributed by atoms with E-state index in [-0.39, 0.29) is 0 Å². The molecular weight excluding hydrogens is 965 g/mol. The number of nitrogens with zero attached hydrogens (tertiary/aromatic N) is 2. The van der Waals surface area contributed by atoms with Gasteiger partial charge in [0, 0.05) is 34.1 Å². The number of hydrogen-bond acceptors (Lipinski definition) is 2. The number of rotatable bonds is 10. The van der Waals surface area contributed by atoms with E-state index < -0.39 is 10.8 Å². The molecule has 2 aliphatic carbocycles. The molecule has 0 spiro atoms. The largest absolute Gasteiger partial charge is 0.310 e. The fourth-order valence-electron chi connectivity index (χ4n) is 13.8. The van der Waals surface area contributed by atoms with Crippen molar-refractivity contribution in [2.45, 2.75) is 24.7 Å². The first-order valence-electron chi connectivity index (χ1n) is 27.9. The van der Waals surface area contributed by atoms with Crippen LogP contribution in [-0.4, -0.2) is 0 Å². The highest BCUT2D eigenvalue weighted by molar-refractivity contribution is 6.03. The SMILES string of the molecule is Cc1ccccc1N(c1ccccc1)c1ccc2cc3c(cc2c1)C(c1ccccc1)(c1ccccc1)c1cc2c(cc1-3)-c1cc3ccc(N(c4ccccc4)c4ccccc4C)cc3cc1C2(c1ccccc1)c1ccccc1. The van der Waals surface area contributed by atoms with E-state index in [4.69, 9.17) is 0 Å². The molecule has 0 aromatic heterocycles. The van der Waals surface area contributed by atoms with Crippen LogP contribution in [0.4, 0.5) is 34.1 Å². The van der Waals surface area contributed by atoms with Crippen LogP contribution in [0.2, 0.25) is 0 Å². The van der Waals surface area contributed by atoms with Crippen molar-refractivity contribution in [3.63, 3.8) is 0 Å². The number of anilines is 6. The maximum atomic E-state index is 2.64. The Balaban J connectivity index is 1.02. The molecule has 15 rings (SSSR count). The van der Waals surface area contributed by atoms with E-state index in [1.165, 1.54) is 99.4 Å². The molecule has 0 saturated heterocycles. The fraction of sp³-hybridized carbons (Fsp3) is 0.0513. The Morgan fingerprint density at radius 1 is 0.225 bits per heavy atom. The molecule has 0 N–H and O–H groups in total. The molecule has 0 aliphatic heterocycles. The smallest absolute Gasteiger partial charge is 0.0713 e. The van der Waals surface area contributed by atoms with Gasteiger partial charge in [-0.15, -0.1) is 0 Å². The summed E-state index contributed by atoms with van der Waals surface area (Å²) in [5, 5.41) is 4.79. The number of benzene rings is 13. The van der Waals surface area contributed by atoms with Gasteiger partial charge in [-0.2, -0.15) is 0 Å². The number of hydrogen-bond donors (Lipinski definition) is 0. The highest BCUT2D eigenvalue weighted by Gasteiger charge is 2.52. The van der Waals surface area contributed by atoms with Crippen molar-refractivity contribution in [2.75, 3.05) is 9.80 Å². The Kier molecular flexibility index (Phi) is 11.1. The van der Waals surface area contributed by atoms with E-state index >= 15 is 0 Å². The van der Waals surface area contributed by atoms with Crippen LogP contribution in [0.5, 0.6) is 0 Å². The number of fused-ring (bicyclic) bond motifs is 8. The molecule has 0 radical (unpaired) electrons. The second-order valence-corrected chi connectivity index (χ2v) is 21.7. The van der Waals surface area contributed by atoms with Crippen LogP contribution >= 0.6 is 0 Å². The molecule has 2 aliphatic rings. The molecule has 13 aromatic rings. The summed E-state index contributed by atoms with van der Waals surface area (Å²) in [7, 11) is 0. The lowest BCUT2D eigenvalue weighted by Gasteiger charge is -2.37. The summed E-state index contributed by atoms with van der Waals surface area (Å²) in [6, 6.07) is 113. The molecule has 0 atom stereocenters. The third-order valence-electron chi connectivity index (χ3n) is 17.4. The summed E-state index contributed by atoms with van der Waals surface area (Å²) < 4.78 is 0. The minimum Gasteiger partial charge on any atom is -0.310 e. The standard InChI is InChI=1S/C78H56N2/c1-53-25-21-23-39-75(53)79(63-35-17-7-18-36-63)65-43-41-55-47-67-69-51-70-68-48-56-42-44-66(80(64-37-19-8-20-38-64)76-40-24-22-26-54(76)2)46-58(56)50-72(68)78(61-31-13-5-14-32-61,62-33-15-6-16-34-62)74(70)52-73(69)77(59-27-9-3-10-28-59,60-29-11-4-12-30-60)71(67)49-57(55)45-65/h3-52H,1-2H3. The van der Waals surface area contributed by atoms with E-state index in [1.807, 2.05) is 0 Å². The van der Waals surface area contributed by atoms with Gasteiger partial charge in [-0.1, -0.05) is 212 Å². The van der Waals surface area contributed by atoms with Gasteiger partial charge in [0.2, 0.25) is 0 Å². The molecule has 13 aromatic carbocycles. The molecule has 0 saturated carbocycles. The van der Waals surface area contributed by atoms with Crippen molar-refractivity contribution in [3.05, 3.63) is 359 Å². The van der Waals surface area contributed by atoms with Crippen LogP contribution in [0.15, 0.2) is 303 Å². The van der Waals surface area contributed by atoms with E-state index in [0.29, 0.717) is 0 Å². The summed E-state index contributed by atoms with van der Waals surface area (Å²) in [6.07, 6.45) is 0. The van der Waals surface area contributed by atoms with Gasteiger partial charge in [0.05, 0.1) is 10.8 Å². The Labute approximate surface area is 468 Å². The van der Waals surface area contributed by atoms with E-state index in [0.717, 1.165) is 34.1 Å². The molecular formula is C78H56N2. The van der Waals surface area contributed by atoms with E-state index in [2.05, 4.69) is 327 Å². The van der Waals surface area contributed by atoms with Gasteiger partial charge in [-0.25, -0.2) is 0 Å². The van der Waals surface area contributed by atoms with Gasteiger partial charge in [0.25, 0.3) is 0 Å². The van der Waals surface area contributed by atoms with Gasteiger partial charge in [0.1, 0.15) is 0 Å². The molecule has 0 unspecified atom stereocenters. The fourth-order valence-corrected chi connectivity index (χ4v) is 13.8. The third kappa shape index (κ3) is 7.19. The second kappa shape index (κ2) is 18.9. The monoisotopic (exact) mass is 1020 g/mol. The van der Waals surface area contributed by atoms with Gasteiger partial charge in [-0.05, 0) is 204 Å². The highest BCUT2D eigenvalue weighted by atomic mass is 15.1. The first-order chi connectivity index (χ1) is 39.5. The number of aryl methyl sites for hydroxylation is 2. The molecule has 80 heavy (non-hydrogen) atoms. The lowest BCUT2D eigenvalue weighted by atomic mass is 9.64. The second-order valence-electron chi connectivity index (χ2n) is 21.7. The van der Waals surface area contributed by atoms with Crippen LogP contribution in [0.1, 0.15) is 55.6 Å². The average molecular weight is 1020 g/mol. The lowest BCUT2D eigenvalue weighted by molar-refractivity contribution is 0.745. The quantitative estimate of drug-likeness (QED) is 0.135. The van der Waals surface area contributed by atoms with Crippen LogP contribution in [-0.2, 0) is 10.8 Å². The minimum atomic E-state index is -0.675. The van der Waals surface area contributed by atoms with Gasteiger partial charge in [-0.3, -0.25) is 0 Å². The highest BCUT2D eigenvalue weighted by Crippen LogP contribution is 2.63. The lowest BCUT2D eigenvalue weighted by Crippen LogP contribution is -2.31. The Morgan fingerprint density at radius 3 is 0.875 bits per heavy atom.